The van der Waals surface area contributed by atoms with Crippen molar-refractivity contribution in [1.82, 2.24) is 19.9 Å². The Morgan fingerprint density at radius 1 is 0.919 bits per heavy atom. The van der Waals surface area contributed by atoms with Crippen LogP contribution in [0.3, 0.4) is 0 Å². The maximum atomic E-state index is 12.8. The first kappa shape index (κ1) is 25.4. The molecule has 2 aromatic heterocycles. The number of rotatable bonds is 9. The lowest BCUT2D eigenvalue weighted by molar-refractivity contribution is -0.111. The van der Waals surface area contributed by atoms with Gasteiger partial charge in [-0.05, 0) is 68.2 Å². The molecule has 8 heteroatoms. The molecule has 8 nitrogen and oxygen atoms in total. The van der Waals surface area contributed by atoms with E-state index in [1.807, 2.05) is 61.5 Å². The van der Waals surface area contributed by atoms with Crippen LogP contribution in [-0.4, -0.2) is 52.3 Å². The molecule has 2 aromatic carbocycles. The number of likely N-dealkylation sites (N-methyl/N-ethyl adjacent to an activating group) is 1. The smallest absolute Gasteiger partial charge is 0.255 e. The molecule has 186 valence electrons. The molecule has 2 amide bonds. The topological polar surface area (TPSA) is 100 Å². The van der Waals surface area contributed by atoms with E-state index in [0.29, 0.717) is 35.7 Å². The Kier molecular flexibility index (Phi) is 8.46. The van der Waals surface area contributed by atoms with Gasteiger partial charge in [0.05, 0.1) is 5.69 Å². The summed E-state index contributed by atoms with van der Waals surface area (Å²) in [6, 6.07) is 20.1. The summed E-state index contributed by atoms with van der Waals surface area (Å²) in [6.45, 7) is 0.666. The number of benzene rings is 2. The van der Waals surface area contributed by atoms with Crippen LogP contribution < -0.4 is 10.6 Å². The molecule has 0 saturated carbocycles. The third kappa shape index (κ3) is 7.65. The molecule has 0 aliphatic carbocycles. The van der Waals surface area contributed by atoms with Crippen molar-refractivity contribution < 1.29 is 9.59 Å². The van der Waals surface area contributed by atoms with Gasteiger partial charge in [0.15, 0.2) is 0 Å². The van der Waals surface area contributed by atoms with Gasteiger partial charge in [0.2, 0.25) is 5.91 Å². The molecule has 2 heterocycles. The predicted octanol–water partition coefficient (Wildman–Crippen LogP) is 4.44. The molecule has 0 saturated heterocycles. The van der Waals surface area contributed by atoms with Gasteiger partial charge in [-0.1, -0.05) is 24.3 Å². The number of pyridine rings is 1. The highest BCUT2D eigenvalue weighted by atomic mass is 16.2. The number of hydrogen-bond acceptors (Lipinski definition) is 6. The molecule has 0 fully saturated rings. The largest absolute Gasteiger partial charge is 0.322 e. The van der Waals surface area contributed by atoms with Gasteiger partial charge in [-0.25, -0.2) is 9.97 Å². The molecule has 0 aliphatic heterocycles. The first-order chi connectivity index (χ1) is 18.0. The van der Waals surface area contributed by atoms with Crippen LogP contribution in [0.15, 0.2) is 97.5 Å². The highest BCUT2D eigenvalue weighted by molar-refractivity contribution is 6.06. The second-order valence-electron chi connectivity index (χ2n) is 8.66. The monoisotopic (exact) mass is 492 g/mol. The predicted molar refractivity (Wildman–Crippen MR) is 145 cm³/mol. The van der Waals surface area contributed by atoms with E-state index in [9.17, 15) is 9.59 Å². The van der Waals surface area contributed by atoms with Crippen molar-refractivity contribution in [2.75, 3.05) is 31.3 Å². The summed E-state index contributed by atoms with van der Waals surface area (Å²) in [5.41, 5.74) is 4.45. The third-order valence-electron chi connectivity index (χ3n) is 5.37. The highest BCUT2D eigenvalue weighted by Gasteiger charge is 2.09. The molecule has 0 unspecified atom stereocenters. The van der Waals surface area contributed by atoms with E-state index in [2.05, 4.69) is 25.6 Å². The summed E-state index contributed by atoms with van der Waals surface area (Å²) in [5.74, 6) is 0.193. The van der Waals surface area contributed by atoms with Crippen LogP contribution in [0.25, 0.3) is 11.3 Å². The summed E-state index contributed by atoms with van der Waals surface area (Å²) >= 11 is 0. The Morgan fingerprint density at radius 2 is 1.76 bits per heavy atom. The summed E-state index contributed by atoms with van der Waals surface area (Å²) in [7, 11) is 3.85. The zero-order valence-electron chi connectivity index (χ0n) is 20.8. The van der Waals surface area contributed by atoms with Crippen LogP contribution in [-0.2, 0) is 11.2 Å². The van der Waals surface area contributed by atoms with Crippen molar-refractivity contribution in [2.24, 2.45) is 0 Å². The summed E-state index contributed by atoms with van der Waals surface area (Å²) in [4.78, 5) is 40.0. The van der Waals surface area contributed by atoms with Gasteiger partial charge in [0, 0.05) is 60.1 Å². The first-order valence-electron chi connectivity index (χ1n) is 11.8. The Balaban J connectivity index is 1.35. The van der Waals surface area contributed by atoms with Crippen molar-refractivity contribution in [2.45, 2.75) is 6.42 Å². The number of carbonyl (C=O) groups excluding carboxylic acids is 2. The van der Waals surface area contributed by atoms with E-state index in [1.54, 1.807) is 48.9 Å². The molecule has 0 atom stereocenters. The van der Waals surface area contributed by atoms with Crippen molar-refractivity contribution in [3.8, 4) is 11.3 Å². The standard InChI is InChI=1S/C29H28N6O2/c1-35(2)17-5-9-28(36)32-25-8-3-6-22(19-25)29(37)33-24-12-10-21(11-13-24)18-27-31-16-14-26(34-27)23-7-4-15-30-20-23/h3-16,19-20H,17-18H2,1-2H3,(H,32,36)(H,33,37)/b9-5-. The van der Waals surface area contributed by atoms with Crippen molar-refractivity contribution >= 4 is 23.2 Å². The van der Waals surface area contributed by atoms with Gasteiger partial charge < -0.3 is 15.5 Å². The van der Waals surface area contributed by atoms with Gasteiger partial charge in [0.1, 0.15) is 5.82 Å². The molecule has 0 aliphatic rings. The minimum Gasteiger partial charge on any atom is -0.322 e. The number of hydrogen-bond donors (Lipinski definition) is 2. The van der Waals surface area contributed by atoms with Crippen LogP contribution in [0.1, 0.15) is 21.7 Å². The van der Waals surface area contributed by atoms with E-state index in [-0.39, 0.29) is 11.8 Å². The van der Waals surface area contributed by atoms with E-state index in [0.717, 1.165) is 16.8 Å². The third-order valence-corrected chi connectivity index (χ3v) is 5.37. The van der Waals surface area contributed by atoms with Crippen LogP contribution >= 0.6 is 0 Å². The number of aromatic nitrogens is 3. The average molecular weight is 493 g/mol. The molecule has 0 bridgehead atoms. The summed E-state index contributed by atoms with van der Waals surface area (Å²) < 4.78 is 0. The minimum absolute atomic E-state index is 0.245. The van der Waals surface area contributed by atoms with Gasteiger partial charge in [-0.3, -0.25) is 14.6 Å². The first-order valence-corrected chi connectivity index (χ1v) is 11.8. The number of carbonyl (C=O) groups is 2. The summed E-state index contributed by atoms with van der Waals surface area (Å²) in [5, 5.41) is 5.68. The van der Waals surface area contributed by atoms with Gasteiger partial charge in [0.25, 0.3) is 5.91 Å². The average Bonchev–Trinajstić information content (AvgIpc) is 2.90. The van der Waals surface area contributed by atoms with Crippen LogP contribution in [0.5, 0.6) is 0 Å². The lowest BCUT2D eigenvalue weighted by atomic mass is 10.1. The Morgan fingerprint density at radius 3 is 2.51 bits per heavy atom. The lowest BCUT2D eigenvalue weighted by Gasteiger charge is -2.09. The Bertz CT molecular complexity index is 1390. The molecule has 4 aromatic rings. The number of anilines is 2. The normalized spacial score (nSPS) is 11.0. The van der Waals surface area contributed by atoms with E-state index < -0.39 is 0 Å². The fourth-order valence-corrected chi connectivity index (χ4v) is 3.54. The number of nitrogens with one attached hydrogen (secondary N) is 2. The van der Waals surface area contributed by atoms with Crippen molar-refractivity contribution in [1.29, 1.82) is 0 Å². The Labute approximate surface area is 216 Å². The maximum absolute atomic E-state index is 12.8. The van der Waals surface area contributed by atoms with E-state index >= 15 is 0 Å². The van der Waals surface area contributed by atoms with Crippen LogP contribution in [0.4, 0.5) is 11.4 Å². The molecule has 0 radical (unpaired) electrons. The van der Waals surface area contributed by atoms with Gasteiger partial charge in [-0.2, -0.15) is 0 Å². The minimum atomic E-state index is -0.264. The Hall–Kier alpha value is -4.69. The number of amides is 2. The van der Waals surface area contributed by atoms with Gasteiger partial charge in [-0.15, -0.1) is 0 Å². The quantitative estimate of drug-likeness (QED) is 0.335. The SMILES string of the molecule is CN(C)C/C=C\C(=O)Nc1cccc(C(=O)Nc2ccc(Cc3nccc(-c4cccnc4)n3)cc2)c1. The fraction of sp³-hybridized carbons (Fsp3) is 0.138. The molecular weight excluding hydrogens is 464 g/mol. The molecule has 2 N–H and O–H groups in total. The van der Waals surface area contributed by atoms with Crippen LogP contribution in [0, 0.1) is 0 Å². The zero-order chi connectivity index (χ0) is 26.0. The van der Waals surface area contributed by atoms with Crippen molar-refractivity contribution in [3.63, 3.8) is 0 Å². The van der Waals surface area contributed by atoms with E-state index in [4.69, 9.17) is 0 Å². The molecular formula is C29H28N6O2. The van der Waals surface area contributed by atoms with Crippen LogP contribution in [0.2, 0.25) is 0 Å². The molecule has 0 spiro atoms. The van der Waals surface area contributed by atoms with Gasteiger partial charge >= 0.3 is 0 Å². The number of nitrogens with zero attached hydrogens (tertiary/aromatic N) is 4. The molecule has 4 rings (SSSR count). The van der Waals surface area contributed by atoms with E-state index in [1.165, 1.54) is 6.08 Å². The maximum Gasteiger partial charge on any atom is 0.255 e. The lowest BCUT2D eigenvalue weighted by Crippen LogP contribution is -2.14. The van der Waals surface area contributed by atoms with Crippen molar-refractivity contribution in [3.05, 3.63) is 114 Å². The second-order valence-corrected chi connectivity index (χ2v) is 8.66. The zero-order valence-corrected chi connectivity index (χ0v) is 20.8. The summed E-state index contributed by atoms with van der Waals surface area (Å²) in [6.07, 6.45) is 9.07. The molecule has 37 heavy (non-hydrogen) atoms. The highest BCUT2D eigenvalue weighted by Crippen LogP contribution is 2.18. The fourth-order valence-electron chi connectivity index (χ4n) is 3.54. The second kappa shape index (κ2) is 12.3.